The number of fused-ring (bicyclic) bond motifs is 3. The van der Waals surface area contributed by atoms with Gasteiger partial charge >= 0.3 is 0 Å². The van der Waals surface area contributed by atoms with Gasteiger partial charge in [0.05, 0.1) is 11.0 Å². The summed E-state index contributed by atoms with van der Waals surface area (Å²) in [5.74, 6) is 0. The number of hydrogen-bond donors (Lipinski definition) is 0. The van der Waals surface area contributed by atoms with Crippen LogP contribution in [0.25, 0.3) is 82.1 Å². The molecule has 0 aliphatic heterocycles. The first kappa shape index (κ1) is 26.0. The van der Waals surface area contributed by atoms with Crippen molar-refractivity contribution in [2.24, 2.45) is 0 Å². The number of pyridine rings is 1. The third-order valence-electron chi connectivity index (χ3n) is 9.57. The number of aromatic nitrogens is 2. The fraction of sp³-hybridized carbons (Fsp3) is 0.0930. The third kappa shape index (κ3) is 3.92. The van der Waals surface area contributed by atoms with Gasteiger partial charge in [-0.15, -0.1) is 0 Å². The minimum Gasteiger partial charge on any atom is -0.309 e. The second-order valence-corrected chi connectivity index (χ2v) is 13.3. The highest BCUT2D eigenvalue weighted by Crippen LogP contribution is 2.45. The van der Waals surface area contributed by atoms with E-state index in [-0.39, 0.29) is 5.41 Å². The Morgan fingerprint density at radius 2 is 1.11 bits per heavy atom. The zero-order chi connectivity index (χ0) is 30.3. The van der Waals surface area contributed by atoms with Crippen LogP contribution in [0.1, 0.15) is 26.3 Å². The topological polar surface area (TPSA) is 17.8 Å². The molecule has 0 aliphatic rings. The first-order chi connectivity index (χ1) is 22.0. The van der Waals surface area contributed by atoms with Crippen molar-refractivity contribution in [2.75, 3.05) is 0 Å². The normalized spacial score (nSPS) is 12.3. The van der Waals surface area contributed by atoms with Gasteiger partial charge in [-0.2, -0.15) is 0 Å². The zero-order valence-corrected chi connectivity index (χ0v) is 25.7. The Morgan fingerprint density at radius 3 is 1.69 bits per heavy atom. The van der Waals surface area contributed by atoms with E-state index in [2.05, 4.69) is 152 Å². The van der Waals surface area contributed by atoms with Crippen LogP contribution in [-0.4, -0.2) is 9.55 Å². The second kappa shape index (κ2) is 9.51. The van der Waals surface area contributed by atoms with E-state index in [1.54, 1.807) is 0 Å². The molecule has 9 aromatic rings. The smallest absolute Gasteiger partial charge is 0.0541 e. The van der Waals surface area contributed by atoms with Crippen molar-refractivity contribution >= 4 is 54.1 Å². The van der Waals surface area contributed by atoms with Gasteiger partial charge in [-0.3, -0.25) is 4.98 Å². The average molecular weight is 577 g/mol. The van der Waals surface area contributed by atoms with Gasteiger partial charge in [-0.05, 0) is 96.4 Å². The molecular weight excluding hydrogens is 544 g/mol. The van der Waals surface area contributed by atoms with Crippen LogP contribution in [0.15, 0.2) is 140 Å². The molecule has 0 spiro atoms. The van der Waals surface area contributed by atoms with E-state index in [0.717, 1.165) is 11.3 Å². The molecule has 0 radical (unpaired) electrons. The Kier molecular flexibility index (Phi) is 5.49. The lowest BCUT2D eigenvalue weighted by atomic mass is 9.81. The van der Waals surface area contributed by atoms with E-state index < -0.39 is 0 Å². The highest BCUT2D eigenvalue weighted by Gasteiger charge is 2.20. The fourth-order valence-electron chi connectivity index (χ4n) is 7.34. The van der Waals surface area contributed by atoms with Crippen LogP contribution in [0, 0.1) is 0 Å². The maximum absolute atomic E-state index is 4.50. The number of rotatable bonds is 3. The monoisotopic (exact) mass is 576 g/mol. The average Bonchev–Trinajstić information content (AvgIpc) is 3.41. The van der Waals surface area contributed by atoms with Crippen molar-refractivity contribution in [3.05, 3.63) is 145 Å². The molecule has 0 fully saturated rings. The van der Waals surface area contributed by atoms with Gasteiger partial charge in [-0.25, -0.2) is 0 Å². The van der Waals surface area contributed by atoms with Crippen LogP contribution in [-0.2, 0) is 5.41 Å². The van der Waals surface area contributed by atoms with Crippen molar-refractivity contribution < 1.29 is 0 Å². The standard InChI is InChI=1S/C43H32N2/c1-43(2,3)31-23-28-16-20-35-37(25-38(30-9-8-22-44-26-30)36-21-17-29(24-31)41(28)42(35)36)27-14-18-32(19-15-27)45-39-12-6-4-10-33(39)34-11-5-7-13-40(34)45/h4-26H,1-3H3. The molecule has 0 aliphatic carbocycles. The highest BCUT2D eigenvalue weighted by molar-refractivity contribution is 6.28. The van der Waals surface area contributed by atoms with Gasteiger partial charge in [0.25, 0.3) is 0 Å². The highest BCUT2D eigenvalue weighted by atomic mass is 15.0. The first-order valence-corrected chi connectivity index (χ1v) is 15.7. The van der Waals surface area contributed by atoms with Crippen LogP contribution in [0.2, 0.25) is 0 Å². The minimum absolute atomic E-state index is 0.0780. The molecule has 2 nitrogen and oxygen atoms in total. The second-order valence-electron chi connectivity index (χ2n) is 13.3. The molecule has 9 rings (SSSR count). The molecular formula is C43H32N2. The molecule has 0 bridgehead atoms. The largest absolute Gasteiger partial charge is 0.309 e. The van der Waals surface area contributed by atoms with Gasteiger partial charge in [0.15, 0.2) is 0 Å². The van der Waals surface area contributed by atoms with E-state index in [1.165, 1.54) is 76.4 Å². The maximum atomic E-state index is 4.50. The lowest BCUT2D eigenvalue weighted by Crippen LogP contribution is -2.10. The van der Waals surface area contributed by atoms with Crippen LogP contribution in [0.5, 0.6) is 0 Å². The summed E-state index contributed by atoms with van der Waals surface area (Å²) in [6, 6.07) is 47.1. The van der Waals surface area contributed by atoms with Gasteiger partial charge in [0.1, 0.15) is 0 Å². The summed E-state index contributed by atoms with van der Waals surface area (Å²) in [6.07, 6.45) is 3.83. The SMILES string of the molecule is CC(C)(C)c1cc2ccc3c(-c4ccc(-n5c6ccccc6c6ccccc65)cc4)cc(-c4cccnc4)c4ccc(c1)c2c34. The van der Waals surface area contributed by atoms with E-state index in [4.69, 9.17) is 0 Å². The van der Waals surface area contributed by atoms with Crippen molar-refractivity contribution in [3.8, 4) is 27.9 Å². The van der Waals surface area contributed by atoms with Crippen LogP contribution in [0.3, 0.4) is 0 Å². The van der Waals surface area contributed by atoms with Crippen LogP contribution >= 0.6 is 0 Å². The van der Waals surface area contributed by atoms with Gasteiger partial charge in [-0.1, -0.05) is 112 Å². The molecule has 0 N–H and O–H groups in total. The lowest BCUT2D eigenvalue weighted by molar-refractivity contribution is 0.591. The molecule has 0 amide bonds. The summed E-state index contributed by atoms with van der Waals surface area (Å²) in [5, 5.41) is 10.4. The van der Waals surface area contributed by atoms with Gasteiger partial charge in [0, 0.05) is 34.4 Å². The zero-order valence-electron chi connectivity index (χ0n) is 25.7. The van der Waals surface area contributed by atoms with Crippen molar-refractivity contribution in [1.82, 2.24) is 9.55 Å². The molecule has 2 heteroatoms. The Labute approximate surface area is 262 Å². The molecule has 7 aromatic carbocycles. The molecule has 214 valence electrons. The Bertz CT molecular complexity index is 2470. The number of para-hydroxylation sites is 2. The Balaban J connectivity index is 1.30. The van der Waals surface area contributed by atoms with Crippen LogP contribution in [0.4, 0.5) is 0 Å². The van der Waals surface area contributed by atoms with Crippen LogP contribution < -0.4 is 0 Å². The molecule has 2 aromatic heterocycles. The van der Waals surface area contributed by atoms with Crippen molar-refractivity contribution in [3.63, 3.8) is 0 Å². The maximum Gasteiger partial charge on any atom is 0.0541 e. The predicted octanol–water partition coefficient (Wildman–Crippen LogP) is 11.7. The molecule has 0 atom stereocenters. The third-order valence-corrected chi connectivity index (χ3v) is 9.57. The Morgan fingerprint density at radius 1 is 0.511 bits per heavy atom. The summed E-state index contributed by atoms with van der Waals surface area (Å²) in [4.78, 5) is 4.50. The summed E-state index contributed by atoms with van der Waals surface area (Å²) < 4.78 is 2.38. The number of hydrogen-bond acceptors (Lipinski definition) is 1. The Hall–Kier alpha value is -5.47. The summed E-state index contributed by atoms with van der Waals surface area (Å²) in [5.41, 5.74) is 9.85. The summed E-state index contributed by atoms with van der Waals surface area (Å²) >= 11 is 0. The summed E-state index contributed by atoms with van der Waals surface area (Å²) in [6.45, 7) is 6.88. The van der Waals surface area contributed by atoms with E-state index in [0.29, 0.717) is 0 Å². The first-order valence-electron chi connectivity index (χ1n) is 15.7. The van der Waals surface area contributed by atoms with Crippen molar-refractivity contribution in [1.29, 1.82) is 0 Å². The molecule has 0 saturated carbocycles. The number of benzene rings is 7. The van der Waals surface area contributed by atoms with Gasteiger partial charge in [0.2, 0.25) is 0 Å². The summed E-state index contributed by atoms with van der Waals surface area (Å²) in [7, 11) is 0. The molecule has 0 unspecified atom stereocenters. The van der Waals surface area contributed by atoms with E-state index in [1.807, 2.05) is 18.5 Å². The van der Waals surface area contributed by atoms with E-state index >= 15 is 0 Å². The minimum atomic E-state index is 0.0780. The molecule has 0 saturated heterocycles. The molecule has 45 heavy (non-hydrogen) atoms. The molecule has 2 heterocycles. The predicted molar refractivity (Wildman–Crippen MR) is 192 cm³/mol. The lowest BCUT2D eigenvalue weighted by Gasteiger charge is -2.23. The van der Waals surface area contributed by atoms with Crippen molar-refractivity contribution in [2.45, 2.75) is 26.2 Å². The van der Waals surface area contributed by atoms with Gasteiger partial charge < -0.3 is 4.57 Å². The fourth-order valence-corrected chi connectivity index (χ4v) is 7.34. The quantitative estimate of drug-likeness (QED) is 0.191. The van der Waals surface area contributed by atoms with E-state index in [9.17, 15) is 0 Å². The number of nitrogens with zero attached hydrogens (tertiary/aromatic N) is 2.